The minimum absolute atomic E-state index is 0.266. The van der Waals surface area contributed by atoms with Crippen molar-refractivity contribution in [1.29, 1.82) is 0 Å². The zero-order valence-electron chi connectivity index (χ0n) is 10.8. The summed E-state index contributed by atoms with van der Waals surface area (Å²) in [7, 11) is 1.69. The van der Waals surface area contributed by atoms with Crippen molar-refractivity contribution in [3.8, 4) is 5.75 Å². The van der Waals surface area contributed by atoms with Crippen LogP contribution in [0.2, 0.25) is 0 Å². The Morgan fingerprint density at radius 2 is 2.11 bits per heavy atom. The first-order valence-electron chi connectivity index (χ1n) is 6.07. The maximum atomic E-state index is 5.23. The highest BCUT2D eigenvalue weighted by molar-refractivity contribution is 5.30. The van der Waals surface area contributed by atoms with Gasteiger partial charge in [-0.1, -0.05) is 18.2 Å². The van der Waals surface area contributed by atoms with Gasteiger partial charge in [0.2, 0.25) is 0 Å². The highest BCUT2D eigenvalue weighted by Crippen LogP contribution is 2.18. The van der Waals surface area contributed by atoms with E-state index in [-0.39, 0.29) is 6.04 Å². The Morgan fingerprint density at radius 1 is 1.22 bits per heavy atom. The van der Waals surface area contributed by atoms with Crippen molar-refractivity contribution in [2.75, 3.05) is 7.11 Å². The van der Waals surface area contributed by atoms with Crippen molar-refractivity contribution in [2.45, 2.75) is 19.5 Å². The maximum Gasteiger partial charge on any atom is 0.119 e. The van der Waals surface area contributed by atoms with Crippen molar-refractivity contribution in [3.05, 3.63) is 59.9 Å². The topological polar surface area (TPSA) is 34.1 Å². The number of aromatic nitrogens is 1. The molecular weight excluding hydrogens is 224 g/mol. The number of pyridine rings is 1. The molecule has 0 aliphatic carbocycles. The van der Waals surface area contributed by atoms with Crippen LogP contribution in [0, 0.1) is 0 Å². The predicted molar refractivity (Wildman–Crippen MR) is 72.5 cm³/mol. The largest absolute Gasteiger partial charge is 0.497 e. The van der Waals surface area contributed by atoms with Gasteiger partial charge in [-0.05, 0) is 36.8 Å². The smallest absolute Gasteiger partial charge is 0.119 e. The van der Waals surface area contributed by atoms with E-state index in [4.69, 9.17) is 4.74 Å². The van der Waals surface area contributed by atoms with E-state index >= 15 is 0 Å². The van der Waals surface area contributed by atoms with Crippen LogP contribution in [-0.2, 0) is 6.54 Å². The van der Waals surface area contributed by atoms with Gasteiger partial charge in [-0.25, -0.2) is 0 Å². The molecule has 1 N–H and O–H groups in total. The number of nitrogens with zero attached hydrogens (tertiary/aromatic N) is 1. The van der Waals surface area contributed by atoms with E-state index < -0.39 is 0 Å². The lowest BCUT2D eigenvalue weighted by molar-refractivity contribution is 0.413. The molecule has 2 aromatic rings. The van der Waals surface area contributed by atoms with E-state index in [0.717, 1.165) is 18.0 Å². The van der Waals surface area contributed by atoms with E-state index in [1.54, 1.807) is 7.11 Å². The SMILES string of the molecule is COc1cccc(C(C)NCc2ccccn2)c1. The summed E-state index contributed by atoms with van der Waals surface area (Å²) in [5.74, 6) is 0.888. The molecule has 0 radical (unpaired) electrons. The fraction of sp³-hybridized carbons (Fsp3) is 0.267. The molecule has 94 valence electrons. The van der Waals surface area contributed by atoms with Crippen LogP contribution in [0.1, 0.15) is 24.2 Å². The number of rotatable bonds is 5. The molecule has 0 bridgehead atoms. The molecule has 2 rings (SSSR count). The van der Waals surface area contributed by atoms with Gasteiger partial charge in [0.05, 0.1) is 12.8 Å². The molecule has 3 nitrogen and oxygen atoms in total. The van der Waals surface area contributed by atoms with Crippen molar-refractivity contribution in [1.82, 2.24) is 10.3 Å². The fourth-order valence-electron chi connectivity index (χ4n) is 1.79. The summed E-state index contributed by atoms with van der Waals surface area (Å²) in [6.45, 7) is 2.90. The highest BCUT2D eigenvalue weighted by atomic mass is 16.5. The summed E-state index contributed by atoms with van der Waals surface area (Å²) in [5, 5.41) is 3.45. The lowest BCUT2D eigenvalue weighted by atomic mass is 10.1. The monoisotopic (exact) mass is 242 g/mol. The van der Waals surface area contributed by atoms with Gasteiger partial charge < -0.3 is 10.1 Å². The Labute approximate surface area is 108 Å². The number of methoxy groups -OCH3 is 1. The van der Waals surface area contributed by atoms with Crippen LogP contribution in [0.25, 0.3) is 0 Å². The highest BCUT2D eigenvalue weighted by Gasteiger charge is 2.05. The molecule has 0 saturated carbocycles. The van der Waals surface area contributed by atoms with Crippen LogP contribution >= 0.6 is 0 Å². The second-order valence-electron chi connectivity index (χ2n) is 4.20. The summed E-state index contributed by atoms with van der Waals surface area (Å²) in [6, 6.07) is 14.3. The van der Waals surface area contributed by atoms with E-state index in [1.165, 1.54) is 5.56 Å². The third kappa shape index (κ3) is 3.31. The first-order chi connectivity index (χ1) is 8.79. The molecule has 0 fully saturated rings. The molecule has 1 aromatic carbocycles. The Bertz CT molecular complexity index is 485. The van der Waals surface area contributed by atoms with Crippen LogP contribution < -0.4 is 10.1 Å². The standard InChI is InChI=1S/C15H18N2O/c1-12(13-6-5-8-15(10-13)18-2)17-11-14-7-3-4-9-16-14/h3-10,12,17H,11H2,1-2H3. The van der Waals surface area contributed by atoms with Crippen LogP contribution in [0.15, 0.2) is 48.7 Å². The zero-order chi connectivity index (χ0) is 12.8. The molecule has 0 saturated heterocycles. The normalized spacial score (nSPS) is 12.1. The Kier molecular flexibility index (Phi) is 4.31. The van der Waals surface area contributed by atoms with Crippen molar-refractivity contribution >= 4 is 0 Å². The quantitative estimate of drug-likeness (QED) is 0.875. The molecule has 1 unspecified atom stereocenters. The van der Waals surface area contributed by atoms with Gasteiger partial charge in [0.1, 0.15) is 5.75 Å². The van der Waals surface area contributed by atoms with Gasteiger partial charge in [-0.3, -0.25) is 4.98 Å². The van der Waals surface area contributed by atoms with Crippen molar-refractivity contribution in [2.24, 2.45) is 0 Å². The molecule has 0 aliphatic heterocycles. The summed E-state index contributed by atoms with van der Waals surface area (Å²) in [6.07, 6.45) is 1.81. The van der Waals surface area contributed by atoms with Crippen molar-refractivity contribution in [3.63, 3.8) is 0 Å². The molecule has 0 spiro atoms. The predicted octanol–water partition coefficient (Wildman–Crippen LogP) is 2.94. The van der Waals surface area contributed by atoms with E-state index in [0.29, 0.717) is 0 Å². The van der Waals surface area contributed by atoms with Crippen molar-refractivity contribution < 1.29 is 4.74 Å². The third-order valence-corrected chi connectivity index (χ3v) is 2.91. The van der Waals surface area contributed by atoms with E-state index in [9.17, 15) is 0 Å². The minimum Gasteiger partial charge on any atom is -0.497 e. The average Bonchev–Trinajstić information content (AvgIpc) is 2.46. The van der Waals surface area contributed by atoms with Crippen LogP contribution in [0.5, 0.6) is 5.75 Å². The van der Waals surface area contributed by atoms with Gasteiger partial charge in [0.25, 0.3) is 0 Å². The first kappa shape index (κ1) is 12.6. The fourth-order valence-corrected chi connectivity index (χ4v) is 1.79. The van der Waals surface area contributed by atoms with Gasteiger partial charge in [0, 0.05) is 18.8 Å². The first-order valence-corrected chi connectivity index (χ1v) is 6.07. The molecule has 3 heteroatoms. The van der Waals surface area contributed by atoms with Crippen LogP contribution in [0.3, 0.4) is 0 Å². The number of nitrogens with one attached hydrogen (secondary N) is 1. The lowest BCUT2D eigenvalue weighted by Crippen LogP contribution is -2.18. The number of ether oxygens (including phenoxy) is 1. The van der Waals surface area contributed by atoms with Gasteiger partial charge in [0.15, 0.2) is 0 Å². The summed E-state index contributed by atoms with van der Waals surface area (Å²) >= 11 is 0. The second kappa shape index (κ2) is 6.17. The molecular formula is C15H18N2O. The Hall–Kier alpha value is -1.87. The molecule has 1 atom stereocenters. The summed E-state index contributed by atoms with van der Waals surface area (Å²) in [4.78, 5) is 4.29. The van der Waals surface area contributed by atoms with Gasteiger partial charge in [-0.15, -0.1) is 0 Å². The Morgan fingerprint density at radius 3 is 2.83 bits per heavy atom. The third-order valence-electron chi connectivity index (χ3n) is 2.91. The zero-order valence-corrected chi connectivity index (χ0v) is 10.8. The maximum absolute atomic E-state index is 5.23. The number of hydrogen-bond acceptors (Lipinski definition) is 3. The van der Waals surface area contributed by atoms with E-state index in [1.807, 2.05) is 36.5 Å². The molecule has 1 aromatic heterocycles. The molecule has 0 amide bonds. The molecule has 1 heterocycles. The minimum atomic E-state index is 0.266. The van der Waals surface area contributed by atoms with E-state index in [2.05, 4.69) is 29.4 Å². The number of hydrogen-bond donors (Lipinski definition) is 1. The van der Waals surface area contributed by atoms with Gasteiger partial charge >= 0.3 is 0 Å². The van der Waals surface area contributed by atoms with Crippen LogP contribution in [-0.4, -0.2) is 12.1 Å². The molecule has 0 aliphatic rings. The number of benzene rings is 1. The lowest BCUT2D eigenvalue weighted by Gasteiger charge is -2.14. The Balaban J connectivity index is 1.97. The van der Waals surface area contributed by atoms with Crippen LogP contribution in [0.4, 0.5) is 0 Å². The summed E-state index contributed by atoms with van der Waals surface area (Å²) < 4.78 is 5.23. The second-order valence-corrected chi connectivity index (χ2v) is 4.20. The summed E-state index contributed by atoms with van der Waals surface area (Å²) in [5.41, 5.74) is 2.26. The average molecular weight is 242 g/mol. The van der Waals surface area contributed by atoms with Gasteiger partial charge in [-0.2, -0.15) is 0 Å². The molecule has 18 heavy (non-hydrogen) atoms.